The number of carbonyl (C=O) groups is 3. The average Bonchev–Trinajstić information content (AvgIpc) is 3.85. The van der Waals surface area contributed by atoms with Crippen LogP contribution >= 0.6 is 11.3 Å². The van der Waals surface area contributed by atoms with Crippen LogP contribution in [0.4, 0.5) is 17.3 Å². The number of phenolic OH excluding ortho intramolecular Hbond substituents is 1. The summed E-state index contributed by atoms with van der Waals surface area (Å²) in [6.45, 7) is 12.0. The molecule has 0 bridgehead atoms. The van der Waals surface area contributed by atoms with Gasteiger partial charge in [0, 0.05) is 50.9 Å². The lowest BCUT2D eigenvalue weighted by molar-refractivity contribution is -0.144. The van der Waals surface area contributed by atoms with E-state index in [9.17, 15) is 24.6 Å². The summed E-state index contributed by atoms with van der Waals surface area (Å²) in [7, 11) is 0. The van der Waals surface area contributed by atoms with E-state index in [4.69, 9.17) is 5.73 Å². The number of β-amino-alcohol motifs (C(OH)–C–C–N with tert-alkyl or cyclic N) is 1. The number of aliphatic hydroxyl groups is 1. The number of hydrogen-bond donors (Lipinski definition) is 5. The summed E-state index contributed by atoms with van der Waals surface area (Å²) in [5.41, 5.74) is 12.8. The predicted molar refractivity (Wildman–Crippen MR) is 232 cm³/mol. The molecule has 0 radical (unpaired) electrons. The summed E-state index contributed by atoms with van der Waals surface area (Å²) in [4.78, 5) is 57.3. The van der Waals surface area contributed by atoms with Gasteiger partial charge in [-0.1, -0.05) is 57.2 Å². The Morgan fingerprint density at radius 1 is 0.950 bits per heavy atom. The molecule has 0 saturated carbocycles. The largest absolute Gasteiger partial charge is 0.507 e. The molecule has 2 aliphatic heterocycles. The maximum absolute atomic E-state index is 14.3. The van der Waals surface area contributed by atoms with E-state index < -0.39 is 29.5 Å². The van der Waals surface area contributed by atoms with Crippen LogP contribution < -0.4 is 26.2 Å². The number of aromatic nitrogens is 4. The Kier molecular flexibility index (Phi) is 12.3. The Labute approximate surface area is 353 Å². The van der Waals surface area contributed by atoms with Crippen molar-refractivity contribution in [2.75, 3.05) is 48.3 Å². The smallest absolute Gasteiger partial charge is 0.246 e. The second-order valence-corrected chi connectivity index (χ2v) is 17.4. The van der Waals surface area contributed by atoms with Crippen LogP contribution in [0.25, 0.3) is 21.7 Å². The Hall–Kier alpha value is -6.13. The first-order chi connectivity index (χ1) is 28.7. The number of phenols is 1. The molecule has 6 N–H and O–H groups in total. The van der Waals surface area contributed by atoms with Crippen molar-refractivity contribution in [3.8, 4) is 27.4 Å². The summed E-state index contributed by atoms with van der Waals surface area (Å²) in [6.07, 6.45) is 0.899. The van der Waals surface area contributed by atoms with E-state index in [0.29, 0.717) is 43.3 Å². The van der Waals surface area contributed by atoms with Gasteiger partial charge in [0.15, 0.2) is 5.82 Å². The molecule has 1 unspecified atom stereocenters. The second-order valence-electron chi connectivity index (χ2n) is 16.6. The van der Waals surface area contributed by atoms with Gasteiger partial charge in [-0.25, -0.2) is 9.97 Å². The fourth-order valence-electron chi connectivity index (χ4n) is 7.80. The molecule has 16 heteroatoms. The van der Waals surface area contributed by atoms with Crippen LogP contribution in [0, 0.1) is 12.3 Å². The number of aromatic hydroxyl groups is 1. The number of pyridine rings is 1. The summed E-state index contributed by atoms with van der Waals surface area (Å²) in [5.74, 6) is -0.00121. The predicted octanol–water partition coefficient (Wildman–Crippen LogP) is 4.50. The first-order valence-electron chi connectivity index (χ1n) is 20.1. The first kappa shape index (κ1) is 42.0. The summed E-state index contributed by atoms with van der Waals surface area (Å²) in [5, 5.41) is 35.4. The highest BCUT2D eigenvalue weighted by molar-refractivity contribution is 7.13. The van der Waals surface area contributed by atoms with E-state index in [0.717, 1.165) is 38.8 Å². The monoisotopic (exact) mass is 832 g/mol. The van der Waals surface area contributed by atoms with Crippen molar-refractivity contribution in [2.24, 2.45) is 5.41 Å². The topological polar surface area (TPSA) is 203 Å². The third-order valence-corrected chi connectivity index (χ3v) is 12.1. The number of nitrogens with two attached hydrogens (primary N) is 1. The number of benzene rings is 2. The normalized spacial score (nSPS) is 17.9. The van der Waals surface area contributed by atoms with Gasteiger partial charge in [0.1, 0.15) is 23.7 Å². The molecule has 2 fully saturated rings. The van der Waals surface area contributed by atoms with Crippen LogP contribution in [0.5, 0.6) is 5.75 Å². The Morgan fingerprint density at radius 3 is 2.35 bits per heavy atom. The standard InChI is InChI=1S/C44H52N10O5S/c1-26(29-10-12-30(13-11-29)39-27(2)47-25-60-39)48-42(58)35-22-31(55)24-54(35)43(59)40(44(3,4)5)49-38(57)21-28-14-15-46-37(20-28)53-18-16-52(17-19-53)34-23-33(50-51-41(34)45)32-8-6-7-9-36(32)56/h6-15,20,23,25-26,31,35,40,55-56H,16-19,21-22,24H2,1-5H3,(H2,45,51)(H,48,58)(H,49,57)/t26-,31-,35+,40?/m1/s1. The van der Waals surface area contributed by atoms with E-state index >= 15 is 0 Å². The van der Waals surface area contributed by atoms with Crippen molar-refractivity contribution in [1.29, 1.82) is 0 Å². The number of aryl methyl sites for hydroxylation is 1. The van der Waals surface area contributed by atoms with E-state index in [2.05, 4.69) is 40.6 Å². The number of piperazine rings is 1. The number of carbonyl (C=O) groups excluding carboxylic acids is 3. The number of thiazole rings is 1. The van der Waals surface area contributed by atoms with E-state index in [-0.39, 0.29) is 43.0 Å². The van der Waals surface area contributed by atoms with Gasteiger partial charge in [0.2, 0.25) is 17.7 Å². The lowest BCUT2D eigenvalue weighted by Crippen LogP contribution is -2.58. The van der Waals surface area contributed by atoms with Gasteiger partial charge in [0.05, 0.1) is 46.0 Å². The number of nitrogens with zero attached hydrogens (tertiary/aromatic N) is 7. The van der Waals surface area contributed by atoms with Gasteiger partial charge >= 0.3 is 0 Å². The minimum Gasteiger partial charge on any atom is -0.507 e. The number of nitrogens with one attached hydrogen (secondary N) is 2. The van der Waals surface area contributed by atoms with Crippen LogP contribution in [0.1, 0.15) is 57.0 Å². The van der Waals surface area contributed by atoms with Crippen molar-refractivity contribution < 1.29 is 24.6 Å². The molecule has 2 aromatic carbocycles. The second kappa shape index (κ2) is 17.6. The SMILES string of the molecule is Cc1ncsc1-c1ccc([C@@H](C)NC(=O)[C@@H]2C[C@@H](O)CN2C(=O)C(NC(=O)Cc2ccnc(N3CCN(c4cc(-c5ccccc5O)nnc4N)CC3)c2)C(C)(C)C)cc1. The maximum atomic E-state index is 14.3. The molecular weight excluding hydrogens is 781 g/mol. The number of aliphatic hydroxyl groups excluding tert-OH is 1. The summed E-state index contributed by atoms with van der Waals surface area (Å²) >= 11 is 1.58. The molecule has 3 amide bonds. The minimum atomic E-state index is -0.957. The van der Waals surface area contributed by atoms with Gasteiger partial charge in [-0.2, -0.15) is 0 Å². The van der Waals surface area contributed by atoms with Crippen LogP contribution in [0.15, 0.2) is 78.4 Å². The number of amides is 3. The molecule has 0 spiro atoms. The lowest BCUT2D eigenvalue weighted by Gasteiger charge is -2.37. The fourth-order valence-corrected chi connectivity index (χ4v) is 8.61. The first-order valence-corrected chi connectivity index (χ1v) is 21.0. The Bertz CT molecular complexity index is 2340. The minimum absolute atomic E-state index is 0.00901. The Balaban J connectivity index is 0.965. The zero-order valence-corrected chi connectivity index (χ0v) is 35.3. The van der Waals surface area contributed by atoms with E-state index in [1.54, 1.807) is 41.8 Å². The molecule has 2 aliphatic rings. The highest BCUT2D eigenvalue weighted by atomic mass is 32.1. The molecule has 314 valence electrons. The molecule has 4 atom stereocenters. The maximum Gasteiger partial charge on any atom is 0.246 e. The number of hydrogen-bond acceptors (Lipinski definition) is 13. The number of likely N-dealkylation sites (tertiary alicyclic amines) is 1. The van der Waals surface area contributed by atoms with E-state index in [1.807, 2.05) is 82.6 Å². The molecule has 7 rings (SSSR count). The van der Waals surface area contributed by atoms with Gasteiger partial charge in [0.25, 0.3) is 0 Å². The quantitative estimate of drug-likeness (QED) is 0.125. The zero-order chi connectivity index (χ0) is 42.7. The molecule has 5 heterocycles. The average molecular weight is 833 g/mol. The van der Waals surface area contributed by atoms with Crippen LogP contribution in [-0.4, -0.2) is 104 Å². The molecule has 15 nitrogen and oxygen atoms in total. The van der Waals surface area contributed by atoms with Crippen LogP contribution in [0.3, 0.4) is 0 Å². The van der Waals surface area contributed by atoms with Crippen LogP contribution in [-0.2, 0) is 20.8 Å². The van der Waals surface area contributed by atoms with Crippen molar-refractivity contribution in [3.05, 3.63) is 95.3 Å². The van der Waals surface area contributed by atoms with Gasteiger partial charge in [-0.15, -0.1) is 21.5 Å². The number of rotatable bonds is 11. The van der Waals surface area contributed by atoms with Gasteiger partial charge in [-0.05, 0) is 66.3 Å². The molecular formula is C44H52N10O5S. The number of nitrogen functional groups attached to an aromatic ring is 1. The molecule has 60 heavy (non-hydrogen) atoms. The highest BCUT2D eigenvalue weighted by Gasteiger charge is 2.44. The van der Waals surface area contributed by atoms with Crippen LogP contribution in [0.2, 0.25) is 0 Å². The zero-order valence-electron chi connectivity index (χ0n) is 34.5. The summed E-state index contributed by atoms with van der Waals surface area (Å²) in [6, 6.07) is 18.2. The van der Waals surface area contributed by atoms with Crippen molar-refractivity contribution in [3.63, 3.8) is 0 Å². The Morgan fingerprint density at radius 2 is 1.67 bits per heavy atom. The number of para-hydroxylation sites is 1. The third-order valence-electron chi connectivity index (χ3n) is 11.2. The third kappa shape index (κ3) is 9.34. The molecule has 0 aliphatic carbocycles. The molecule has 2 saturated heterocycles. The highest BCUT2D eigenvalue weighted by Crippen LogP contribution is 2.33. The van der Waals surface area contributed by atoms with Crippen molar-refractivity contribution >= 4 is 46.4 Å². The lowest BCUT2D eigenvalue weighted by atomic mass is 9.85. The van der Waals surface area contributed by atoms with Crippen molar-refractivity contribution in [1.82, 2.24) is 35.7 Å². The molecule has 3 aromatic heterocycles. The van der Waals surface area contributed by atoms with Gasteiger partial charge in [-0.3, -0.25) is 14.4 Å². The molecule has 5 aromatic rings. The van der Waals surface area contributed by atoms with Gasteiger partial charge < -0.3 is 41.3 Å². The number of anilines is 3. The van der Waals surface area contributed by atoms with E-state index in [1.165, 1.54) is 4.90 Å². The summed E-state index contributed by atoms with van der Waals surface area (Å²) < 4.78 is 0. The fraction of sp³-hybridized carbons (Fsp3) is 0.386. The van der Waals surface area contributed by atoms with Crippen molar-refractivity contribution in [2.45, 2.75) is 71.7 Å².